The fraction of sp³-hybridized carbons (Fsp3) is 0.333. The number of aromatic nitrogens is 2. The van der Waals surface area contributed by atoms with E-state index in [1.807, 2.05) is 48.2 Å². The third kappa shape index (κ3) is 5.63. The number of rotatable bonds is 7. The summed E-state index contributed by atoms with van der Waals surface area (Å²) in [6.07, 6.45) is 0. The highest BCUT2D eigenvalue weighted by Gasteiger charge is 2.21. The Morgan fingerprint density at radius 1 is 1.12 bits per heavy atom. The second-order valence-electron chi connectivity index (χ2n) is 7.64. The van der Waals surface area contributed by atoms with E-state index in [1.165, 1.54) is 0 Å². The van der Waals surface area contributed by atoms with Crippen molar-refractivity contribution in [2.75, 3.05) is 44.8 Å². The number of anilines is 1. The molecule has 0 aliphatic carbocycles. The molecule has 2 N–H and O–H groups in total. The van der Waals surface area contributed by atoms with E-state index in [1.54, 1.807) is 18.2 Å². The standard InChI is InChI=1S/C24H27N5O4/c1-17(19-8-5-9-20(16-19)21(31)18-6-3-2-4-7-18)22-27-28-24(33-22)26-23(25-10-13-30)29-11-14-32-15-12-29/h2-9,16-17,30H,10-15H2,1H3,(H,25,26,28). The van der Waals surface area contributed by atoms with Crippen molar-refractivity contribution in [2.24, 2.45) is 4.99 Å². The molecule has 9 nitrogen and oxygen atoms in total. The number of morpholine rings is 1. The average molecular weight is 450 g/mol. The number of benzene rings is 2. The zero-order chi connectivity index (χ0) is 23.0. The molecule has 1 unspecified atom stereocenters. The van der Waals surface area contributed by atoms with E-state index in [2.05, 4.69) is 20.5 Å². The van der Waals surface area contributed by atoms with Crippen LogP contribution in [-0.2, 0) is 4.74 Å². The molecular formula is C24H27N5O4. The SMILES string of the molecule is CC(c1cccc(C(=O)c2ccccc2)c1)c1nnc(NC(=NCCO)N2CCOCC2)o1. The zero-order valence-corrected chi connectivity index (χ0v) is 18.5. The van der Waals surface area contributed by atoms with Crippen molar-refractivity contribution >= 4 is 17.8 Å². The molecule has 2 aromatic carbocycles. The Balaban J connectivity index is 1.49. The maximum Gasteiger partial charge on any atom is 0.322 e. The van der Waals surface area contributed by atoms with Crippen LogP contribution in [0.4, 0.5) is 6.01 Å². The molecule has 33 heavy (non-hydrogen) atoms. The molecule has 4 rings (SSSR count). The minimum Gasteiger partial charge on any atom is -0.407 e. The molecule has 1 atom stereocenters. The number of nitrogens with zero attached hydrogens (tertiary/aromatic N) is 4. The Kier molecular flexibility index (Phi) is 7.43. The molecule has 0 spiro atoms. The van der Waals surface area contributed by atoms with Crippen LogP contribution in [0.15, 0.2) is 64.0 Å². The van der Waals surface area contributed by atoms with Gasteiger partial charge in [0.2, 0.25) is 11.9 Å². The van der Waals surface area contributed by atoms with Gasteiger partial charge in [-0.25, -0.2) is 0 Å². The number of nitrogens with one attached hydrogen (secondary N) is 1. The van der Waals surface area contributed by atoms with Gasteiger partial charge in [0.05, 0.1) is 32.3 Å². The summed E-state index contributed by atoms with van der Waals surface area (Å²) in [5, 5.41) is 20.5. The number of aliphatic hydroxyl groups excluding tert-OH is 1. The average Bonchev–Trinajstić information content (AvgIpc) is 3.35. The quantitative estimate of drug-likeness (QED) is 0.321. The summed E-state index contributed by atoms with van der Waals surface area (Å²) in [6.45, 7) is 4.72. The van der Waals surface area contributed by atoms with E-state index in [0.29, 0.717) is 49.3 Å². The lowest BCUT2D eigenvalue weighted by Gasteiger charge is -2.29. The lowest BCUT2D eigenvalue weighted by molar-refractivity contribution is 0.0678. The van der Waals surface area contributed by atoms with Crippen LogP contribution in [0.25, 0.3) is 0 Å². The first-order valence-corrected chi connectivity index (χ1v) is 10.9. The lowest BCUT2D eigenvalue weighted by atomic mass is 9.96. The first-order chi connectivity index (χ1) is 16.2. The number of hydrogen-bond acceptors (Lipinski definition) is 7. The smallest absolute Gasteiger partial charge is 0.322 e. The highest BCUT2D eigenvalue weighted by atomic mass is 16.5. The molecule has 0 saturated carbocycles. The molecule has 1 aromatic heterocycles. The Labute approximate surface area is 192 Å². The second kappa shape index (κ2) is 10.8. The summed E-state index contributed by atoms with van der Waals surface area (Å²) in [5.41, 5.74) is 2.15. The van der Waals surface area contributed by atoms with Gasteiger partial charge in [-0.15, -0.1) is 5.10 Å². The van der Waals surface area contributed by atoms with Crippen molar-refractivity contribution in [2.45, 2.75) is 12.8 Å². The third-order valence-corrected chi connectivity index (χ3v) is 5.39. The van der Waals surface area contributed by atoms with Gasteiger partial charge in [0.1, 0.15) is 0 Å². The monoisotopic (exact) mass is 449 g/mol. The van der Waals surface area contributed by atoms with E-state index in [-0.39, 0.29) is 30.9 Å². The van der Waals surface area contributed by atoms with Crippen LogP contribution in [0.2, 0.25) is 0 Å². The van der Waals surface area contributed by atoms with Crippen molar-refractivity contribution in [1.29, 1.82) is 0 Å². The largest absolute Gasteiger partial charge is 0.407 e. The molecule has 1 fully saturated rings. The lowest BCUT2D eigenvalue weighted by Crippen LogP contribution is -2.44. The highest BCUT2D eigenvalue weighted by Crippen LogP contribution is 2.25. The van der Waals surface area contributed by atoms with Crippen LogP contribution in [0, 0.1) is 0 Å². The number of aliphatic hydroxyl groups is 1. The van der Waals surface area contributed by atoms with Crippen LogP contribution in [0.3, 0.4) is 0 Å². The van der Waals surface area contributed by atoms with Gasteiger partial charge in [-0.1, -0.05) is 53.6 Å². The van der Waals surface area contributed by atoms with Gasteiger partial charge in [0.15, 0.2) is 5.78 Å². The van der Waals surface area contributed by atoms with Crippen molar-refractivity contribution < 1.29 is 19.1 Å². The maximum absolute atomic E-state index is 12.8. The summed E-state index contributed by atoms with van der Waals surface area (Å²) in [7, 11) is 0. The minimum absolute atomic E-state index is 0.0345. The molecule has 3 aromatic rings. The van der Waals surface area contributed by atoms with E-state index in [0.717, 1.165) is 5.56 Å². The molecule has 1 aliphatic heterocycles. The van der Waals surface area contributed by atoms with Crippen LogP contribution in [0.1, 0.15) is 40.2 Å². The van der Waals surface area contributed by atoms with Crippen LogP contribution in [-0.4, -0.2) is 71.4 Å². The van der Waals surface area contributed by atoms with Gasteiger partial charge in [-0.05, 0) is 18.6 Å². The first-order valence-electron chi connectivity index (χ1n) is 10.9. The van der Waals surface area contributed by atoms with E-state index in [4.69, 9.17) is 14.3 Å². The summed E-state index contributed by atoms with van der Waals surface area (Å²) in [5.74, 6) is 0.738. The summed E-state index contributed by atoms with van der Waals surface area (Å²) >= 11 is 0. The molecule has 1 saturated heterocycles. The van der Waals surface area contributed by atoms with E-state index in [9.17, 15) is 4.79 Å². The van der Waals surface area contributed by atoms with Crippen molar-refractivity contribution in [3.63, 3.8) is 0 Å². The summed E-state index contributed by atoms with van der Waals surface area (Å²) < 4.78 is 11.3. The number of ether oxygens (including phenoxy) is 1. The van der Waals surface area contributed by atoms with Crippen molar-refractivity contribution in [3.8, 4) is 0 Å². The topological polar surface area (TPSA) is 113 Å². The van der Waals surface area contributed by atoms with Gasteiger partial charge in [-0.2, -0.15) is 0 Å². The van der Waals surface area contributed by atoms with Crippen molar-refractivity contribution in [1.82, 2.24) is 15.1 Å². The van der Waals surface area contributed by atoms with Crippen LogP contribution >= 0.6 is 0 Å². The second-order valence-corrected chi connectivity index (χ2v) is 7.64. The van der Waals surface area contributed by atoms with Gasteiger partial charge in [0, 0.05) is 24.2 Å². The van der Waals surface area contributed by atoms with Crippen molar-refractivity contribution in [3.05, 3.63) is 77.2 Å². The highest BCUT2D eigenvalue weighted by molar-refractivity contribution is 6.09. The predicted octanol–water partition coefficient (Wildman–Crippen LogP) is 2.54. The predicted molar refractivity (Wildman–Crippen MR) is 124 cm³/mol. The Morgan fingerprint density at radius 3 is 2.64 bits per heavy atom. The number of hydrogen-bond donors (Lipinski definition) is 2. The van der Waals surface area contributed by atoms with Crippen LogP contribution < -0.4 is 5.32 Å². The van der Waals surface area contributed by atoms with E-state index < -0.39 is 0 Å². The number of carbonyl (C=O) groups excluding carboxylic acids is 1. The van der Waals surface area contributed by atoms with E-state index >= 15 is 0 Å². The Bertz CT molecular complexity index is 1090. The fourth-order valence-corrected chi connectivity index (χ4v) is 3.55. The molecule has 1 aliphatic rings. The van der Waals surface area contributed by atoms with Gasteiger partial charge in [-0.3, -0.25) is 15.1 Å². The number of ketones is 1. The number of guanidine groups is 1. The first kappa shape index (κ1) is 22.6. The molecular weight excluding hydrogens is 422 g/mol. The number of carbonyl (C=O) groups is 1. The zero-order valence-electron chi connectivity index (χ0n) is 18.5. The Morgan fingerprint density at radius 2 is 1.88 bits per heavy atom. The number of aliphatic imine (C=N–C) groups is 1. The molecule has 0 amide bonds. The van der Waals surface area contributed by atoms with Crippen LogP contribution in [0.5, 0.6) is 0 Å². The third-order valence-electron chi connectivity index (χ3n) is 5.39. The van der Waals surface area contributed by atoms with Gasteiger partial charge in [0.25, 0.3) is 0 Å². The normalized spacial score (nSPS) is 15.3. The fourth-order valence-electron chi connectivity index (χ4n) is 3.55. The molecule has 0 radical (unpaired) electrons. The molecule has 2 heterocycles. The Hall–Kier alpha value is -3.56. The summed E-state index contributed by atoms with van der Waals surface area (Å²) in [6, 6.07) is 16.9. The summed E-state index contributed by atoms with van der Waals surface area (Å²) in [4.78, 5) is 19.2. The molecule has 9 heteroatoms. The minimum atomic E-state index is -0.210. The molecule has 0 bridgehead atoms. The van der Waals surface area contributed by atoms with Gasteiger partial charge >= 0.3 is 6.01 Å². The maximum atomic E-state index is 12.8. The van der Waals surface area contributed by atoms with Gasteiger partial charge < -0.3 is 19.2 Å². The molecule has 172 valence electrons.